The van der Waals surface area contributed by atoms with Crippen molar-refractivity contribution in [2.45, 2.75) is 45.8 Å². The van der Waals surface area contributed by atoms with Crippen molar-refractivity contribution in [3.05, 3.63) is 34.9 Å². The minimum Gasteiger partial charge on any atom is -0.458 e. The first-order valence-electron chi connectivity index (χ1n) is 6.44. The zero-order valence-corrected chi connectivity index (χ0v) is 13.0. The molecule has 0 aliphatic heterocycles. The maximum atomic E-state index is 11.9. The fourth-order valence-corrected chi connectivity index (χ4v) is 1.76. The molecule has 1 atom stereocenters. The third kappa shape index (κ3) is 5.61. The van der Waals surface area contributed by atoms with Crippen LogP contribution in [0.3, 0.4) is 0 Å². The van der Waals surface area contributed by atoms with E-state index in [1.165, 1.54) is 0 Å². The van der Waals surface area contributed by atoms with Crippen molar-refractivity contribution < 1.29 is 14.3 Å². The minimum atomic E-state index is -0.691. The Kier molecular flexibility index (Phi) is 5.57. The summed E-state index contributed by atoms with van der Waals surface area (Å²) in [6, 6.07) is 6.42. The second-order valence-corrected chi connectivity index (χ2v) is 6.00. The Bertz CT molecular complexity index is 494. The third-order valence-electron chi connectivity index (χ3n) is 2.45. The molecule has 0 fully saturated rings. The number of hydrogen-bond donors (Lipinski definition) is 1. The van der Waals surface area contributed by atoms with Gasteiger partial charge in [0.1, 0.15) is 11.6 Å². The lowest BCUT2D eigenvalue weighted by atomic mass is 10.1. The van der Waals surface area contributed by atoms with Crippen LogP contribution in [0.1, 0.15) is 33.3 Å². The molecule has 0 radical (unpaired) electrons. The van der Waals surface area contributed by atoms with Crippen molar-refractivity contribution in [2.24, 2.45) is 0 Å². The first-order chi connectivity index (χ1) is 9.19. The van der Waals surface area contributed by atoms with Crippen molar-refractivity contribution in [3.63, 3.8) is 0 Å². The van der Waals surface area contributed by atoms with Gasteiger partial charge in [0.2, 0.25) is 5.91 Å². The molecule has 1 N–H and O–H groups in total. The monoisotopic (exact) mass is 297 g/mol. The van der Waals surface area contributed by atoms with E-state index >= 15 is 0 Å². The SMILES string of the molecule is C[C@H](NC(=O)Cc1ccccc1Cl)C(=O)OC(C)(C)C. The Morgan fingerprint density at radius 3 is 2.45 bits per heavy atom. The molecule has 0 aliphatic carbocycles. The number of nitrogens with one attached hydrogen (secondary N) is 1. The lowest BCUT2D eigenvalue weighted by Crippen LogP contribution is -2.42. The Morgan fingerprint density at radius 1 is 1.30 bits per heavy atom. The van der Waals surface area contributed by atoms with Gasteiger partial charge in [-0.3, -0.25) is 4.79 Å². The molecule has 0 saturated heterocycles. The van der Waals surface area contributed by atoms with Gasteiger partial charge in [-0.25, -0.2) is 4.79 Å². The van der Waals surface area contributed by atoms with Crippen LogP contribution in [0.2, 0.25) is 5.02 Å². The summed E-state index contributed by atoms with van der Waals surface area (Å²) in [6.45, 7) is 6.94. The van der Waals surface area contributed by atoms with E-state index in [0.717, 1.165) is 5.56 Å². The average Bonchev–Trinajstić information content (AvgIpc) is 2.29. The molecule has 0 aliphatic rings. The van der Waals surface area contributed by atoms with E-state index in [9.17, 15) is 9.59 Å². The fraction of sp³-hybridized carbons (Fsp3) is 0.467. The molecule has 1 aromatic carbocycles. The van der Waals surface area contributed by atoms with Crippen molar-refractivity contribution in [1.82, 2.24) is 5.32 Å². The molecule has 1 amide bonds. The molecule has 4 nitrogen and oxygen atoms in total. The molecule has 0 bridgehead atoms. The lowest BCUT2D eigenvalue weighted by Gasteiger charge is -2.22. The molecule has 0 aromatic heterocycles. The lowest BCUT2D eigenvalue weighted by molar-refractivity contribution is -0.158. The first kappa shape index (κ1) is 16.5. The highest BCUT2D eigenvalue weighted by Crippen LogP contribution is 2.15. The van der Waals surface area contributed by atoms with Crippen LogP contribution in [0.15, 0.2) is 24.3 Å². The second kappa shape index (κ2) is 6.75. The second-order valence-electron chi connectivity index (χ2n) is 5.59. The van der Waals surface area contributed by atoms with Crippen LogP contribution < -0.4 is 5.32 Å². The Labute approximate surface area is 124 Å². The van der Waals surface area contributed by atoms with Gasteiger partial charge in [0.05, 0.1) is 6.42 Å². The number of ether oxygens (including phenoxy) is 1. The van der Waals surface area contributed by atoms with E-state index in [-0.39, 0.29) is 12.3 Å². The van der Waals surface area contributed by atoms with Crippen molar-refractivity contribution in [1.29, 1.82) is 0 Å². The number of carbonyl (C=O) groups is 2. The number of carbonyl (C=O) groups excluding carboxylic acids is 2. The summed E-state index contributed by atoms with van der Waals surface area (Å²) in [7, 11) is 0. The number of rotatable bonds is 4. The highest BCUT2D eigenvalue weighted by atomic mass is 35.5. The molecular weight excluding hydrogens is 278 g/mol. The maximum absolute atomic E-state index is 11.9. The van der Waals surface area contributed by atoms with Gasteiger partial charge in [0, 0.05) is 5.02 Å². The topological polar surface area (TPSA) is 55.4 Å². The number of hydrogen-bond acceptors (Lipinski definition) is 3. The summed E-state index contributed by atoms with van der Waals surface area (Å²) in [5.74, 6) is -0.721. The van der Waals surface area contributed by atoms with Gasteiger partial charge >= 0.3 is 5.97 Å². The minimum absolute atomic E-state index is 0.132. The summed E-state index contributed by atoms with van der Waals surface area (Å²) >= 11 is 5.98. The van der Waals surface area contributed by atoms with Crippen LogP contribution in [-0.2, 0) is 20.7 Å². The van der Waals surface area contributed by atoms with Crippen molar-refractivity contribution in [2.75, 3.05) is 0 Å². The first-order valence-corrected chi connectivity index (χ1v) is 6.82. The van der Waals surface area contributed by atoms with Gasteiger partial charge in [0.25, 0.3) is 0 Å². The van der Waals surface area contributed by atoms with Gasteiger partial charge in [-0.15, -0.1) is 0 Å². The largest absolute Gasteiger partial charge is 0.458 e. The number of amides is 1. The van der Waals surface area contributed by atoms with Gasteiger partial charge in [-0.2, -0.15) is 0 Å². The molecule has 0 saturated carbocycles. The van der Waals surface area contributed by atoms with Crippen LogP contribution in [0, 0.1) is 0 Å². The highest BCUT2D eigenvalue weighted by Gasteiger charge is 2.23. The molecule has 0 unspecified atom stereocenters. The zero-order chi connectivity index (χ0) is 15.3. The van der Waals surface area contributed by atoms with Gasteiger partial charge in [-0.1, -0.05) is 29.8 Å². The summed E-state index contributed by atoms with van der Waals surface area (Å²) < 4.78 is 5.19. The Hall–Kier alpha value is -1.55. The zero-order valence-electron chi connectivity index (χ0n) is 12.2. The van der Waals surface area contributed by atoms with E-state index in [1.807, 2.05) is 6.07 Å². The maximum Gasteiger partial charge on any atom is 0.328 e. The number of benzene rings is 1. The molecule has 20 heavy (non-hydrogen) atoms. The quantitative estimate of drug-likeness (QED) is 0.869. The standard InChI is InChI=1S/C15H20ClNO3/c1-10(14(19)20-15(2,3)4)17-13(18)9-11-7-5-6-8-12(11)16/h5-8,10H,9H2,1-4H3,(H,17,18)/t10-/m0/s1. The van der Waals surface area contributed by atoms with Gasteiger partial charge in [0.15, 0.2) is 0 Å². The number of halogens is 1. The number of esters is 1. The Morgan fingerprint density at radius 2 is 1.90 bits per heavy atom. The van der Waals surface area contributed by atoms with Crippen LogP contribution in [0.25, 0.3) is 0 Å². The Balaban J connectivity index is 2.54. The van der Waals surface area contributed by atoms with Crippen LogP contribution in [0.4, 0.5) is 0 Å². The van der Waals surface area contributed by atoms with E-state index in [2.05, 4.69) is 5.32 Å². The third-order valence-corrected chi connectivity index (χ3v) is 2.82. The van der Waals surface area contributed by atoms with E-state index in [1.54, 1.807) is 45.9 Å². The van der Waals surface area contributed by atoms with E-state index in [0.29, 0.717) is 5.02 Å². The van der Waals surface area contributed by atoms with Crippen LogP contribution in [0.5, 0.6) is 0 Å². The molecule has 0 heterocycles. The van der Waals surface area contributed by atoms with E-state index in [4.69, 9.17) is 16.3 Å². The summed E-state index contributed by atoms with van der Waals surface area (Å²) in [6.07, 6.45) is 0.132. The van der Waals surface area contributed by atoms with Crippen LogP contribution >= 0.6 is 11.6 Å². The predicted octanol–water partition coefficient (Wildman–Crippen LogP) is 2.73. The predicted molar refractivity (Wildman–Crippen MR) is 78.6 cm³/mol. The summed E-state index contributed by atoms with van der Waals surface area (Å²) in [5, 5.41) is 3.14. The van der Waals surface area contributed by atoms with Crippen LogP contribution in [-0.4, -0.2) is 23.5 Å². The van der Waals surface area contributed by atoms with Crippen molar-refractivity contribution in [3.8, 4) is 0 Å². The molecule has 0 spiro atoms. The molecule has 1 rings (SSSR count). The summed E-state index contributed by atoms with van der Waals surface area (Å²) in [4.78, 5) is 23.6. The van der Waals surface area contributed by atoms with E-state index < -0.39 is 17.6 Å². The van der Waals surface area contributed by atoms with Gasteiger partial charge in [-0.05, 0) is 39.3 Å². The normalized spacial score (nSPS) is 12.7. The molecule has 110 valence electrons. The smallest absolute Gasteiger partial charge is 0.328 e. The summed E-state index contributed by atoms with van der Waals surface area (Å²) in [5.41, 5.74) is 0.154. The highest BCUT2D eigenvalue weighted by molar-refractivity contribution is 6.31. The average molecular weight is 298 g/mol. The molecule has 5 heteroatoms. The van der Waals surface area contributed by atoms with Crippen molar-refractivity contribution >= 4 is 23.5 Å². The molecule has 1 aromatic rings. The fourth-order valence-electron chi connectivity index (χ4n) is 1.56. The molecular formula is C15H20ClNO3. The van der Waals surface area contributed by atoms with Gasteiger partial charge < -0.3 is 10.1 Å².